The van der Waals surface area contributed by atoms with E-state index in [2.05, 4.69) is 18.9 Å². The van der Waals surface area contributed by atoms with Crippen molar-refractivity contribution in [2.24, 2.45) is 5.73 Å². The van der Waals surface area contributed by atoms with Crippen LogP contribution < -0.4 is 5.73 Å². The Hall–Kier alpha value is -0.120. The van der Waals surface area contributed by atoms with Gasteiger partial charge in [0.2, 0.25) is 0 Å². The molecule has 1 aliphatic rings. The monoisotopic (exact) mass is 200 g/mol. The van der Waals surface area contributed by atoms with Crippen LogP contribution in [0.4, 0.5) is 0 Å². The number of rotatable bonds is 5. The summed E-state index contributed by atoms with van der Waals surface area (Å²) in [5.74, 6) is 0. The number of nitrogens with zero attached hydrogens (tertiary/aromatic N) is 1. The average Bonchev–Trinajstić information content (AvgIpc) is 2.22. The van der Waals surface area contributed by atoms with Gasteiger partial charge in [-0.2, -0.15) is 0 Å². The Morgan fingerprint density at radius 1 is 1.50 bits per heavy atom. The third-order valence-electron chi connectivity index (χ3n) is 3.16. The van der Waals surface area contributed by atoms with Crippen LogP contribution in [0.15, 0.2) is 0 Å². The molecule has 14 heavy (non-hydrogen) atoms. The van der Waals surface area contributed by atoms with Gasteiger partial charge in [-0.15, -0.1) is 0 Å². The van der Waals surface area contributed by atoms with Crippen LogP contribution in [-0.4, -0.2) is 43.8 Å². The molecule has 0 radical (unpaired) electrons. The largest absolute Gasteiger partial charge is 0.375 e. The van der Waals surface area contributed by atoms with Gasteiger partial charge in [-0.05, 0) is 32.9 Å². The van der Waals surface area contributed by atoms with Crippen molar-refractivity contribution in [3.05, 3.63) is 0 Å². The number of hydrogen-bond donors (Lipinski definition) is 1. The quantitative estimate of drug-likeness (QED) is 0.725. The van der Waals surface area contributed by atoms with Gasteiger partial charge >= 0.3 is 0 Å². The van der Waals surface area contributed by atoms with Crippen molar-refractivity contribution in [2.75, 3.05) is 26.7 Å². The van der Waals surface area contributed by atoms with Crippen LogP contribution >= 0.6 is 0 Å². The van der Waals surface area contributed by atoms with Gasteiger partial charge in [-0.1, -0.05) is 13.3 Å². The topological polar surface area (TPSA) is 38.5 Å². The van der Waals surface area contributed by atoms with Gasteiger partial charge in [0.25, 0.3) is 0 Å². The first-order valence-electron chi connectivity index (χ1n) is 5.79. The Morgan fingerprint density at radius 2 is 2.29 bits per heavy atom. The SMILES string of the molecule is CCC(CN)OCC1CCCCN1C. The molecule has 0 bridgehead atoms. The van der Waals surface area contributed by atoms with Crippen molar-refractivity contribution in [1.82, 2.24) is 4.90 Å². The predicted octanol–water partition coefficient (Wildman–Crippen LogP) is 1.22. The van der Waals surface area contributed by atoms with Gasteiger partial charge < -0.3 is 15.4 Å². The lowest BCUT2D eigenvalue weighted by atomic mass is 10.0. The molecule has 0 amide bonds. The standard InChI is InChI=1S/C11H24N2O/c1-3-11(8-12)14-9-10-6-4-5-7-13(10)2/h10-11H,3-9,12H2,1-2H3. The van der Waals surface area contributed by atoms with Gasteiger partial charge in [-0.3, -0.25) is 0 Å². The Morgan fingerprint density at radius 3 is 2.86 bits per heavy atom. The highest BCUT2D eigenvalue weighted by Crippen LogP contribution is 2.15. The van der Waals surface area contributed by atoms with E-state index in [0.29, 0.717) is 12.6 Å². The average molecular weight is 200 g/mol. The minimum absolute atomic E-state index is 0.255. The number of hydrogen-bond acceptors (Lipinski definition) is 3. The molecule has 1 aliphatic heterocycles. The second-order valence-electron chi connectivity index (χ2n) is 4.23. The number of nitrogens with two attached hydrogens (primary N) is 1. The smallest absolute Gasteiger partial charge is 0.0695 e. The molecule has 2 atom stereocenters. The van der Waals surface area contributed by atoms with E-state index in [0.717, 1.165) is 13.0 Å². The van der Waals surface area contributed by atoms with Crippen LogP contribution in [0.3, 0.4) is 0 Å². The molecule has 0 saturated carbocycles. The lowest BCUT2D eigenvalue weighted by Gasteiger charge is -2.33. The molecule has 84 valence electrons. The van der Waals surface area contributed by atoms with Gasteiger partial charge in [0.1, 0.15) is 0 Å². The van der Waals surface area contributed by atoms with E-state index in [9.17, 15) is 0 Å². The van der Waals surface area contributed by atoms with E-state index >= 15 is 0 Å². The van der Waals surface area contributed by atoms with Crippen molar-refractivity contribution in [3.63, 3.8) is 0 Å². The zero-order valence-corrected chi connectivity index (χ0v) is 9.54. The molecule has 3 heteroatoms. The fraction of sp³-hybridized carbons (Fsp3) is 1.00. The first-order chi connectivity index (χ1) is 6.77. The highest BCUT2D eigenvalue weighted by atomic mass is 16.5. The van der Waals surface area contributed by atoms with E-state index in [-0.39, 0.29) is 6.10 Å². The predicted molar refractivity (Wildman–Crippen MR) is 59.4 cm³/mol. The lowest BCUT2D eigenvalue weighted by molar-refractivity contribution is 0.00636. The number of likely N-dealkylation sites (tertiary alicyclic amines) is 1. The Balaban J connectivity index is 2.21. The van der Waals surface area contributed by atoms with Crippen molar-refractivity contribution < 1.29 is 4.74 Å². The van der Waals surface area contributed by atoms with E-state index in [4.69, 9.17) is 10.5 Å². The van der Waals surface area contributed by atoms with E-state index in [1.807, 2.05) is 0 Å². The zero-order valence-electron chi connectivity index (χ0n) is 9.54. The van der Waals surface area contributed by atoms with Gasteiger partial charge in [-0.25, -0.2) is 0 Å². The molecule has 2 unspecified atom stereocenters. The van der Waals surface area contributed by atoms with Crippen LogP contribution in [0.5, 0.6) is 0 Å². The minimum Gasteiger partial charge on any atom is -0.375 e. The third-order valence-corrected chi connectivity index (χ3v) is 3.16. The van der Waals surface area contributed by atoms with Crippen molar-refractivity contribution >= 4 is 0 Å². The fourth-order valence-electron chi connectivity index (χ4n) is 1.95. The van der Waals surface area contributed by atoms with Crippen LogP contribution in [-0.2, 0) is 4.74 Å². The summed E-state index contributed by atoms with van der Waals surface area (Å²) in [4.78, 5) is 2.41. The van der Waals surface area contributed by atoms with E-state index < -0.39 is 0 Å². The number of likely N-dealkylation sites (N-methyl/N-ethyl adjacent to an activating group) is 1. The molecule has 1 saturated heterocycles. The van der Waals surface area contributed by atoms with Crippen LogP contribution in [0.25, 0.3) is 0 Å². The molecule has 0 aliphatic carbocycles. The molecule has 0 aromatic rings. The first kappa shape index (κ1) is 12.0. The molecular weight excluding hydrogens is 176 g/mol. The van der Waals surface area contributed by atoms with Crippen molar-refractivity contribution in [2.45, 2.75) is 44.8 Å². The summed E-state index contributed by atoms with van der Waals surface area (Å²) >= 11 is 0. The van der Waals surface area contributed by atoms with Crippen molar-refractivity contribution in [1.29, 1.82) is 0 Å². The maximum Gasteiger partial charge on any atom is 0.0695 e. The summed E-state index contributed by atoms with van der Waals surface area (Å²) in [7, 11) is 2.19. The van der Waals surface area contributed by atoms with Crippen LogP contribution in [0.1, 0.15) is 32.6 Å². The Kier molecular flexibility index (Phi) is 5.45. The molecule has 0 aromatic carbocycles. The van der Waals surface area contributed by atoms with Crippen LogP contribution in [0.2, 0.25) is 0 Å². The Labute approximate surface area is 87.6 Å². The highest BCUT2D eigenvalue weighted by Gasteiger charge is 2.19. The molecule has 3 nitrogen and oxygen atoms in total. The summed E-state index contributed by atoms with van der Waals surface area (Å²) in [6.07, 6.45) is 5.23. The molecule has 1 rings (SSSR count). The summed E-state index contributed by atoms with van der Waals surface area (Å²) in [5, 5.41) is 0. The van der Waals surface area contributed by atoms with Gasteiger partial charge in [0, 0.05) is 12.6 Å². The van der Waals surface area contributed by atoms with Gasteiger partial charge in [0.15, 0.2) is 0 Å². The lowest BCUT2D eigenvalue weighted by Crippen LogP contribution is -2.41. The summed E-state index contributed by atoms with van der Waals surface area (Å²) in [6, 6.07) is 0.615. The van der Waals surface area contributed by atoms with E-state index in [1.54, 1.807) is 0 Å². The highest BCUT2D eigenvalue weighted by molar-refractivity contribution is 4.74. The molecule has 1 heterocycles. The van der Waals surface area contributed by atoms with E-state index in [1.165, 1.54) is 25.8 Å². The number of piperidine rings is 1. The van der Waals surface area contributed by atoms with Gasteiger partial charge in [0.05, 0.1) is 12.7 Å². The third kappa shape index (κ3) is 3.56. The zero-order chi connectivity index (χ0) is 10.4. The number of ether oxygens (including phenoxy) is 1. The molecule has 0 aromatic heterocycles. The normalized spacial score (nSPS) is 26.4. The summed E-state index contributed by atoms with van der Waals surface area (Å²) in [5.41, 5.74) is 5.59. The Bertz CT molecular complexity index is 148. The molecule has 2 N–H and O–H groups in total. The summed E-state index contributed by atoms with van der Waals surface area (Å²) < 4.78 is 5.78. The second kappa shape index (κ2) is 6.38. The minimum atomic E-state index is 0.255. The first-order valence-corrected chi connectivity index (χ1v) is 5.79. The van der Waals surface area contributed by atoms with Crippen molar-refractivity contribution in [3.8, 4) is 0 Å². The summed E-state index contributed by atoms with van der Waals surface area (Å²) in [6.45, 7) is 4.84. The fourth-order valence-corrected chi connectivity index (χ4v) is 1.95. The van der Waals surface area contributed by atoms with Crippen LogP contribution in [0, 0.1) is 0 Å². The maximum atomic E-state index is 5.78. The maximum absolute atomic E-state index is 5.78. The molecule has 1 fully saturated rings. The second-order valence-corrected chi connectivity index (χ2v) is 4.23. The molecular formula is C11H24N2O. The molecule has 0 spiro atoms.